The van der Waals surface area contributed by atoms with Crippen LogP contribution in [0.25, 0.3) is 0 Å². The van der Waals surface area contributed by atoms with E-state index in [0.29, 0.717) is 28.3 Å². The molecule has 3 N–H and O–H groups in total. The van der Waals surface area contributed by atoms with Crippen molar-refractivity contribution in [3.63, 3.8) is 0 Å². The van der Waals surface area contributed by atoms with Crippen molar-refractivity contribution in [2.75, 3.05) is 12.3 Å². The maximum Gasteiger partial charge on any atom is 0.343 e. The lowest BCUT2D eigenvalue weighted by atomic mass is 10.1. The van der Waals surface area contributed by atoms with Gasteiger partial charge < -0.3 is 15.0 Å². The Morgan fingerprint density at radius 1 is 1.35 bits per heavy atom. The molecule has 0 unspecified atom stereocenters. The summed E-state index contributed by atoms with van der Waals surface area (Å²) in [6, 6.07) is 0. The van der Waals surface area contributed by atoms with Gasteiger partial charge >= 0.3 is 5.97 Å². The van der Waals surface area contributed by atoms with Crippen LogP contribution >= 0.6 is 0 Å². The SMILES string of the molecule is Cc1noc(C(C)C)c1C(=O)OCCc1c(C)nc(N)[nH]c1=O. The summed E-state index contributed by atoms with van der Waals surface area (Å²) in [4.78, 5) is 30.5. The van der Waals surface area contributed by atoms with Crippen molar-refractivity contribution in [2.24, 2.45) is 0 Å². The predicted octanol–water partition coefficient (Wildman–Crippen LogP) is 1.48. The molecule has 0 bridgehead atoms. The van der Waals surface area contributed by atoms with Gasteiger partial charge in [-0.2, -0.15) is 0 Å². The second kappa shape index (κ2) is 6.64. The average Bonchev–Trinajstić information content (AvgIpc) is 2.83. The Labute approximate surface area is 133 Å². The van der Waals surface area contributed by atoms with Crippen LogP contribution in [0.15, 0.2) is 9.32 Å². The monoisotopic (exact) mass is 320 g/mol. The smallest absolute Gasteiger partial charge is 0.343 e. The third-order valence-corrected chi connectivity index (χ3v) is 3.44. The van der Waals surface area contributed by atoms with Crippen LogP contribution in [-0.4, -0.2) is 27.7 Å². The number of ether oxygens (including phenoxy) is 1. The van der Waals surface area contributed by atoms with Gasteiger partial charge in [-0.05, 0) is 13.8 Å². The highest BCUT2D eigenvalue weighted by atomic mass is 16.5. The number of aromatic nitrogens is 3. The topological polar surface area (TPSA) is 124 Å². The highest BCUT2D eigenvalue weighted by molar-refractivity contribution is 5.91. The molecule has 2 rings (SSSR count). The van der Waals surface area contributed by atoms with E-state index in [1.807, 2.05) is 13.8 Å². The van der Waals surface area contributed by atoms with Crippen LogP contribution in [0.1, 0.15) is 52.8 Å². The van der Waals surface area contributed by atoms with E-state index in [9.17, 15) is 9.59 Å². The molecule has 0 atom stereocenters. The van der Waals surface area contributed by atoms with Crippen molar-refractivity contribution in [3.8, 4) is 0 Å². The summed E-state index contributed by atoms with van der Waals surface area (Å²) in [7, 11) is 0. The zero-order chi connectivity index (χ0) is 17.1. The minimum atomic E-state index is -0.509. The number of nitrogens with zero attached hydrogens (tertiary/aromatic N) is 2. The van der Waals surface area contributed by atoms with Crippen molar-refractivity contribution in [1.29, 1.82) is 0 Å². The number of carbonyl (C=O) groups is 1. The first-order valence-electron chi connectivity index (χ1n) is 7.29. The van der Waals surface area contributed by atoms with Gasteiger partial charge in [-0.15, -0.1) is 0 Å². The van der Waals surface area contributed by atoms with Gasteiger partial charge in [0, 0.05) is 17.9 Å². The van der Waals surface area contributed by atoms with Crippen LogP contribution in [0.3, 0.4) is 0 Å². The maximum atomic E-state index is 12.2. The highest BCUT2D eigenvalue weighted by Crippen LogP contribution is 2.23. The van der Waals surface area contributed by atoms with Crippen molar-refractivity contribution >= 4 is 11.9 Å². The molecule has 124 valence electrons. The fourth-order valence-electron chi connectivity index (χ4n) is 2.27. The van der Waals surface area contributed by atoms with E-state index >= 15 is 0 Å². The van der Waals surface area contributed by atoms with E-state index in [1.54, 1.807) is 13.8 Å². The van der Waals surface area contributed by atoms with Crippen LogP contribution in [-0.2, 0) is 11.2 Å². The normalized spacial score (nSPS) is 11.0. The molecule has 0 aliphatic carbocycles. The molecule has 0 saturated heterocycles. The van der Waals surface area contributed by atoms with E-state index in [1.165, 1.54) is 0 Å². The number of anilines is 1. The van der Waals surface area contributed by atoms with Crippen LogP contribution in [0.2, 0.25) is 0 Å². The number of esters is 1. The van der Waals surface area contributed by atoms with Crippen molar-refractivity contribution in [1.82, 2.24) is 15.1 Å². The molecule has 2 heterocycles. The molecule has 0 radical (unpaired) electrons. The van der Waals surface area contributed by atoms with Gasteiger partial charge in [-0.3, -0.25) is 9.78 Å². The number of aromatic amines is 1. The third-order valence-electron chi connectivity index (χ3n) is 3.44. The molecule has 8 nitrogen and oxygen atoms in total. The summed E-state index contributed by atoms with van der Waals surface area (Å²) in [5.41, 5.74) is 6.94. The van der Waals surface area contributed by atoms with Gasteiger partial charge in [0.05, 0.1) is 18.0 Å². The first kappa shape index (κ1) is 16.7. The first-order valence-corrected chi connectivity index (χ1v) is 7.29. The number of aryl methyl sites for hydroxylation is 2. The van der Waals surface area contributed by atoms with E-state index < -0.39 is 5.97 Å². The number of hydrogen-bond acceptors (Lipinski definition) is 7. The number of hydrogen-bond donors (Lipinski definition) is 2. The van der Waals surface area contributed by atoms with E-state index in [0.717, 1.165) is 0 Å². The molecule has 2 aromatic heterocycles. The Hall–Kier alpha value is -2.64. The van der Waals surface area contributed by atoms with Crippen molar-refractivity contribution in [3.05, 3.63) is 38.6 Å². The number of nitrogens with two attached hydrogens (primary N) is 1. The standard InChI is InChI=1S/C15H20N4O4/c1-7(2)12-11(9(4)19-23-12)14(21)22-6-5-10-8(3)17-15(16)18-13(10)20/h7H,5-6H2,1-4H3,(H3,16,17,18,20). The molecule has 0 fully saturated rings. The molecular weight excluding hydrogens is 300 g/mol. The molecule has 8 heteroatoms. The molecule has 2 aromatic rings. The van der Waals surface area contributed by atoms with Crippen LogP contribution in [0.4, 0.5) is 5.95 Å². The Balaban J connectivity index is 2.07. The second-order valence-electron chi connectivity index (χ2n) is 5.56. The summed E-state index contributed by atoms with van der Waals surface area (Å²) in [5.74, 6) is 0.0701. The van der Waals surface area contributed by atoms with Crippen LogP contribution < -0.4 is 11.3 Å². The molecule has 0 aliphatic heterocycles. The highest BCUT2D eigenvalue weighted by Gasteiger charge is 2.23. The lowest BCUT2D eigenvalue weighted by Gasteiger charge is -2.08. The number of nitrogen functional groups attached to an aromatic ring is 1. The van der Waals surface area contributed by atoms with Gasteiger partial charge in [0.1, 0.15) is 5.56 Å². The Kier molecular flexibility index (Phi) is 4.83. The van der Waals surface area contributed by atoms with Gasteiger partial charge in [0.15, 0.2) is 5.76 Å². The summed E-state index contributed by atoms with van der Waals surface area (Å²) in [6.07, 6.45) is 0.252. The van der Waals surface area contributed by atoms with Crippen LogP contribution in [0.5, 0.6) is 0 Å². The molecule has 0 amide bonds. The number of carbonyl (C=O) groups excluding carboxylic acids is 1. The number of rotatable bonds is 5. The van der Waals surface area contributed by atoms with Gasteiger partial charge in [-0.25, -0.2) is 9.78 Å². The zero-order valence-corrected chi connectivity index (χ0v) is 13.6. The zero-order valence-electron chi connectivity index (χ0n) is 13.6. The van der Waals surface area contributed by atoms with Gasteiger partial charge in [0.2, 0.25) is 5.95 Å². The molecule has 0 aliphatic rings. The summed E-state index contributed by atoms with van der Waals surface area (Å²) >= 11 is 0. The molecule has 0 saturated carbocycles. The minimum Gasteiger partial charge on any atom is -0.462 e. The Bertz CT molecular complexity index is 776. The Morgan fingerprint density at radius 2 is 2.04 bits per heavy atom. The lowest BCUT2D eigenvalue weighted by Crippen LogP contribution is -2.21. The fourth-order valence-corrected chi connectivity index (χ4v) is 2.27. The molecule has 23 heavy (non-hydrogen) atoms. The second-order valence-corrected chi connectivity index (χ2v) is 5.56. The molecule has 0 aromatic carbocycles. The number of nitrogens with one attached hydrogen (secondary N) is 1. The number of H-pyrrole nitrogens is 1. The first-order chi connectivity index (χ1) is 10.8. The van der Waals surface area contributed by atoms with Crippen molar-refractivity contribution in [2.45, 2.75) is 40.0 Å². The Morgan fingerprint density at radius 3 is 2.65 bits per heavy atom. The molecular formula is C15H20N4O4. The van der Waals surface area contributed by atoms with Crippen LogP contribution in [0, 0.1) is 13.8 Å². The predicted molar refractivity (Wildman–Crippen MR) is 83.3 cm³/mol. The minimum absolute atomic E-state index is 0.0186. The van der Waals surface area contributed by atoms with Gasteiger partial charge in [-0.1, -0.05) is 19.0 Å². The van der Waals surface area contributed by atoms with E-state index in [4.69, 9.17) is 15.0 Å². The molecule has 0 spiro atoms. The van der Waals surface area contributed by atoms with E-state index in [-0.39, 0.29) is 30.5 Å². The average molecular weight is 320 g/mol. The maximum absolute atomic E-state index is 12.2. The largest absolute Gasteiger partial charge is 0.462 e. The summed E-state index contributed by atoms with van der Waals surface area (Å²) in [6.45, 7) is 7.23. The quantitative estimate of drug-likeness (QED) is 0.799. The van der Waals surface area contributed by atoms with Gasteiger partial charge in [0.25, 0.3) is 5.56 Å². The summed E-state index contributed by atoms with van der Waals surface area (Å²) < 4.78 is 10.4. The third kappa shape index (κ3) is 3.58. The van der Waals surface area contributed by atoms with Crippen molar-refractivity contribution < 1.29 is 14.1 Å². The van der Waals surface area contributed by atoms with E-state index in [2.05, 4.69) is 15.1 Å². The lowest BCUT2D eigenvalue weighted by molar-refractivity contribution is 0.0504. The fraction of sp³-hybridized carbons (Fsp3) is 0.467. The summed E-state index contributed by atoms with van der Waals surface area (Å²) in [5, 5.41) is 3.81.